The molecule has 16 heavy (non-hydrogen) atoms. The second kappa shape index (κ2) is 6.80. The van der Waals surface area contributed by atoms with E-state index >= 15 is 0 Å². The molecule has 1 fully saturated rings. The Bertz CT molecular complexity index is 250. The van der Waals surface area contributed by atoms with E-state index in [9.17, 15) is 5.11 Å². The van der Waals surface area contributed by atoms with E-state index in [1.807, 2.05) is 0 Å². The molecule has 5 nitrogen and oxygen atoms in total. The second-order valence-electron chi connectivity index (χ2n) is 3.70. The zero-order chi connectivity index (χ0) is 12.0. The van der Waals surface area contributed by atoms with Gasteiger partial charge in [0.25, 0.3) is 0 Å². The molecule has 1 saturated heterocycles. The summed E-state index contributed by atoms with van der Waals surface area (Å²) in [5, 5.41) is 25.0. The molecule has 0 radical (unpaired) electrons. The highest BCUT2D eigenvalue weighted by Crippen LogP contribution is 2.13. The van der Waals surface area contributed by atoms with E-state index < -0.39 is 12.2 Å². The first-order valence-electron chi connectivity index (χ1n) is 5.23. The third-order valence-corrected chi connectivity index (χ3v) is 2.65. The van der Waals surface area contributed by atoms with Crippen LogP contribution in [-0.4, -0.2) is 53.3 Å². The van der Waals surface area contributed by atoms with E-state index in [0.29, 0.717) is 24.7 Å². The molecule has 6 heteroatoms. The van der Waals surface area contributed by atoms with Crippen molar-refractivity contribution in [3.63, 3.8) is 0 Å². The van der Waals surface area contributed by atoms with Gasteiger partial charge in [-0.1, -0.05) is 6.08 Å². The van der Waals surface area contributed by atoms with Gasteiger partial charge in [-0.25, -0.2) is 0 Å². The monoisotopic (exact) mass is 246 g/mol. The van der Waals surface area contributed by atoms with Gasteiger partial charge < -0.3 is 25.6 Å². The van der Waals surface area contributed by atoms with Crippen LogP contribution in [0.1, 0.15) is 6.42 Å². The van der Waals surface area contributed by atoms with Crippen LogP contribution in [0.25, 0.3) is 0 Å². The standard InChI is InChI=1S/C10H18N2O3S/c1-2-3-11-10(16)12-7-4-8(14)9(5-13)15-6-7/h2,7-9,13-14H,1,3-6H2,(H2,11,12,16)/t7-,8?,9?/m1/s1. The molecule has 4 N–H and O–H groups in total. The Morgan fingerprint density at radius 1 is 1.62 bits per heavy atom. The summed E-state index contributed by atoms with van der Waals surface area (Å²) in [5.74, 6) is 0. The van der Waals surface area contributed by atoms with Crippen LogP contribution < -0.4 is 10.6 Å². The van der Waals surface area contributed by atoms with E-state index in [0.717, 1.165) is 0 Å². The van der Waals surface area contributed by atoms with Crippen molar-refractivity contribution in [1.29, 1.82) is 0 Å². The number of rotatable bonds is 4. The molecule has 0 saturated carbocycles. The second-order valence-corrected chi connectivity index (χ2v) is 4.11. The number of thiocarbonyl (C=S) groups is 1. The van der Waals surface area contributed by atoms with Crippen LogP contribution in [0.3, 0.4) is 0 Å². The highest BCUT2D eigenvalue weighted by Gasteiger charge is 2.29. The van der Waals surface area contributed by atoms with Crippen LogP contribution in [0.5, 0.6) is 0 Å². The summed E-state index contributed by atoms with van der Waals surface area (Å²) < 4.78 is 5.29. The average molecular weight is 246 g/mol. The Kier molecular flexibility index (Phi) is 5.68. The number of hydrogen-bond acceptors (Lipinski definition) is 4. The van der Waals surface area contributed by atoms with Gasteiger partial charge in [0.1, 0.15) is 6.10 Å². The molecule has 1 aliphatic rings. The highest BCUT2D eigenvalue weighted by molar-refractivity contribution is 7.80. The maximum atomic E-state index is 9.62. The molecule has 0 aromatic rings. The molecule has 0 bridgehead atoms. The summed E-state index contributed by atoms with van der Waals surface area (Å²) in [7, 11) is 0. The Balaban J connectivity index is 2.29. The summed E-state index contributed by atoms with van der Waals surface area (Å²) in [6, 6.07) is -0.0254. The van der Waals surface area contributed by atoms with E-state index in [-0.39, 0.29) is 12.6 Å². The zero-order valence-corrected chi connectivity index (χ0v) is 9.87. The number of nitrogens with one attached hydrogen (secondary N) is 2. The highest BCUT2D eigenvalue weighted by atomic mass is 32.1. The Labute approximate surface area is 100 Å². The lowest BCUT2D eigenvalue weighted by Crippen LogP contribution is -2.52. The molecule has 0 aliphatic carbocycles. The van der Waals surface area contributed by atoms with Gasteiger partial charge in [0.2, 0.25) is 0 Å². The molecular formula is C10H18N2O3S. The molecule has 3 atom stereocenters. The van der Waals surface area contributed by atoms with Gasteiger partial charge in [0.05, 0.1) is 25.4 Å². The van der Waals surface area contributed by atoms with Gasteiger partial charge in [-0.3, -0.25) is 0 Å². The average Bonchev–Trinajstić information content (AvgIpc) is 2.26. The lowest BCUT2D eigenvalue weighted by molar-refractivity contribution is -0.104. The van der Waals surface area contributed by atoms with Crippen LogP contribution in [0, 0.1) is 0 Å². The SMILES string of the molecule is C=CCNC(=S)N[C@H]1COC(CO)C(O)C1. The summed E-state index contributed by atoms with van der Waals surface area (Å²) in [6.07, 6.45) is 1.09. The fourth-order valence-corrected chi connectivity index (χ4v) is 1.79. The van der Waals surface area contributed by atoms with Gasteiger partial charge in [0, 0.05) is 6.54 Å². The van der Waals surface area contributed by atoms with Crippen LogP contribution in [0.15, 0.2) is 12.7 Å². The van der Waals surface area contributed by atoms with Crippen LogP contribution >= 0.6 is 12.2 Å². The molecule has 0 amide bonds. The molecular weight excluding hydrogens is 228 g/mol. The van der Waals surface area contributed by atoms with Crippen molar-refractivity contribution in [2.75, 3.05) is 19.8 Å². The number of hydrogen-bond donors (Lipinski definition) is 4. The minimum Gasteiger partial charge on any atom is -0.394 e. The molecule has 0 aromatic heterocycles. The maximum Gasteiger partial charge on any atom is 0.166 e. The molecule has 1 aliphatic heterocycles. The Morgan fingerprint density at radius 2 is 2.38 bits per heavy atom. The number of aliphatic hydroxyl groups is 2. The van der Waals surface area contributed by atoms with Crippen molar-refractivity contribution in [3.05, 3.63) is 12.7 Å². The minimum atomic E-state index is -0.654. The van der Waals surface area contributed by atoms with E-state index in [1.54, 1.807) is 6.08 Å². The minimum absolute atomic E-state index is 0.0254. The molecule has 1 heterocycles. The van der Waals surface area contributed by atoms with Gasteiger partial charge in [0.15, 0.2) is 5.11 Å². The van der Waals surface area contributed by atoms with Crippen LogP contribution in [0.2, 0.25) is 0 Å². The predicted molar refractivity (Wildman–Crippen MR) is 65.2 cm³/mol. The van der Waals surface area contributed by atoms with Crippen molar-refractivity contribution < 1.29 is 14.9 Å². The fourth-order valence-electron chi connectivity index (χ4n) is 1.54. The zero-order valence-electron chi connectivity index (χ0n) is 9.06. The van der Waals surface area contributed by atoms with Gasteiger partial charge in [-0.05, 0) is 18.6 Å². The molecule has 1 rings (SSSR count). The largest absolute Gasteiger partial charge is 0.394 e. The topological polar surface area (TPSA) is 73.8 Å². The Morgan fingerprint density at radius 3 is 2.94 bits per heavy atom. The quantitative estimate of drug-likeness (QED) is 0.382. The summed E-state index contributed by atoms with van der Waals surface area (Å²) in [5.41, 5.74) is 0. The first kappa shape index (κ1) is 13.4. The smallest absolute Gasteiger partial charge is 0.166 e. The van der Waals surface area contributed by atoms with Crippen molar-refractivity contribution in [2.45, 2.75) is 24.7 Å². The third-order valence-electron chi connectivity index (χ3n) is 2.39. The normalized spacial score (nSPS) is 29.5. The van der Waals surface area contributed by atoms with Crippen molar-refractivity contribution >= 4 is 17.3 Å². The number of aliphatic hydroxyl groups excluding tert-OH is 2. The first-order valence-corrected chi connectivity index (χ1v) is 5.64. The lowest BCUT2D eigenvalue weighted by atomic mass is 10.0. The van der Waals surface area contributed by atoms with Crippen LogP contribution in [0.4, 0.5) is 0 Å². The fraction of sp³-hybridized carbons (Fsp3) is 0.700. The summed E-state index contributed by atoms with van der Waals surface area (Å²) in [6.45, 7) is 4.44. The maximum absolute atomic E-state index is 9.62. The Hall–Kier alpha value is -0.690. The predicted octanol–water partition coefficient (Wildman–Crippen LogP) is -0.853. The van der Waals surface area contributed by atoms with Crippen molar-refractivity contribution in [1.82, 2.24) is 10.6 Å². The molecule has 0 spiro atoms. The molecule has 0 aromatic carbocycles. The van der Waals surface area contributed by atoms with Crippen molar-refractivity contribution in [2.24, 2.45) is 0 Å². The van der Waals surface area contributed by atoms with Crippen molar-refractivity contribution in [3.8, 4) is 0 Å². The lowest BCUT2D eigenvalue weighted by Gasteiger charge is -2.33. The van der Waals surface area contributed by atoms with E-state index in [1.165, 1.54) is 0 Å². The van der Waals surface area contributed by atoms with Gasteiger partial charge in [-0.15, -0.1) is 6.58 Å². The summed E-state index contributed by atoms with van der Waals surface area (Å²) >= 11 is 5.04. The third kappa shape index (κ3) is 4.05. The van der Waals surface area contributed by atoms with Gasteiger partial charge >= 0.3 is 0 Å². The van der Waals surface area contributed by atoms with E-state index in [2.05, 4.69) is 17.2 Å². The molecule has 2 unspecified atom stereocenters. The van der Waals surface area contributed by atoms with E-state index in [4.69, 9.17) is 22.1 Å². The van der Waals surface area contributed by atoms with Gasteiger partial charge in [-0.2, -0.15) is 0 Å². The molecule has 92 valence electrons. The first-order chi connectivity index (χ1) is 7.67. The summed E-state index contributed by atoms with van der Waals surface area (Å²) in [4.78, 5) is 0. The van der Waals surface area contributed by atoms with Crippen LogP contribution in [-0.2, 0) is 4.74 Å². The number of ether oxygens (including phenoxy) is 1.